The zero-order valence-electron chi connectivity index (χ0n) is 10.2. The van der Waals surface area contributed by atoms with Crippen molar-refractivity contribution >= 4 is 0 Å². The van der Waals surface area contributed by atoms with E-state index in [0.29, 0.717) is 12.1 Å². The summed E-state index contributed by atoms with van der Waals surface area (Å²) in [5.74, 6) is 0. The number of hydrogen-bond acceptors (Lipinski definition) is 3. The van der Waals surface area contributed by atoms with E-state index in [1.807, 2.05) is 12.4 Å². The van der Waals surface area contributed by atoms with Gasteiger partial charge in [-0.3, -0.25) is 4.98 Å². The van der Waals surface area contributed by atoms with Gasteiger partial charge in [0, 0.05) is 24.5 Å². The molecule has 0 bridgehead atoms. The van der Waals surface area contributed by atoms with Crippen LogP contribution in [0.2, 0.25) is 0 Å². The molecule has 0 unspecified atom stereocenters. The van der Waals surface area contributed by atoms with Crippen LogP contribution in [-0.2, 0) is 0 Å². The van der Waals surface area contributed by atoms with Crippen molar-refractivity contribution in [2.45, 2.75) is 31.8 Å². The summed E-state index contributed by atoms with van der Waals surface area (Å²) in [7, 11) is 2.20. The van der Waals surface area contributed by atoms with Crippen molar-refractivity contribution in [1.82, 2.24) is 15.2 Å². The quantitative estimate of drug-likeness (QED) is 0.840. The highest BCUT2D eigenvalue weighted by atomic mass is 15.1. The molecular weight excluding hydrogens is 198 g/mol. The Hall–Kier alpha value is -0.930. The van der Waals surface area contributed by atoms with Crippen LogP contribution in [0.1, 0.15) is 31.4 Å². The van der Waals surface area contributed by atoms with E-state index in [1.54, 1.807) is 0 Å². The molecule has 3 heteroatoms. The van der Waals surface area contributed by atoms with Crippen molar-refractivity contribution in [2.75, 3.05) is 20.1 Å². The van der Waals surface area contributed by atoms with Gasteiger partial charge in [0.1, 0.15) is 0 Å². The van der Waals surface area contributed by atoms with Crippen molar-refractivity contribution in [3.63, 3.8) is 0 Å². The number of nitrogens with zero attached hydrogens (tertiary/aromatic N) is 2. The van der Waals surface area contributed by atoms with E-state index in [-0.39, 0.29) is 0 Å². The number of pyridine rings is 1. The normalized spacial score (nSPS) is 20.9. The third-order valence-corrected chi connectivity index (χ3v) is 3.41. The molecule has 1 fully saturated rings. The fourth-order valence-electron chi connectivity index (χ4n) is 2.28. The van der Waals surface area contributed by atoms with Crippen LogP contribution in [0, 0.1) is 0 Å². The number of rotatable bonds is 3. The fourth-order valence-corrected chi connectivity index (χ4v) is 2.28. The largest absolute Gasteiger partial charge is 0.307 e. The van der Waals surface area contributed by atoms with Gasteiger partial charge < -0.3 is 10.2 Å². The number of piperidine rings is 1. The number of nitrogens with one attached hydrogen (secondary N) is 1. The van der Waals surface area contributed by atoms with E-state index in [2.05, 4.69) is 41.3 Å². The molecule has 0 radical (unpaired) electrons. The minimum atomic E-state index is 0.427. The molecule has 16 heavy (non-hydrogen) atoms. The summed E-state index contributed by atoms with van der Waals surface area (Å²) < 4.78 is 0. The molecule has 0 amide bonds. The molecule has 3 nitrogen and oxygen atoms in total. The Bertz CT molecular complexity index is 304. The van der Waals surface area contributed by atoms with E-state index in [9.17, 15) is 0 Å². The van der Waals surface area contributed by atoms with E-state index in [0.717, 1.165) is 0 Å². The Morgan fingerprint density at radius 3 is 2.56 bits per heavy atom. The van der Waals surface area contributed by atoms with Gasteiger partial charge in [-0.25, -0.2) is 0 Å². The molecule has 0 saturated carbocycles. The van der Waals surface area contributed by atoms with Crippen LogP contribution < -0.4 is 5.32 Å². The van der Waals surface area contributed by atoms with Crippen LogP contribution >= 0.6 is 0 Å². The van der Waals surface area contributed by atoms with Crippen LogP contribution in [0.3, 0.4) is 0 Å². The van der Waals surface area contributed by atoms with Gasteiger partial charge in [0.2, 0.25) is 0 Å². The van der Waals surface area contributed by atoms with Crippen molar-refractivity contribution < 1.29 is 0 Å². The number of aromatic nitrogens is 1. The molecule has 1 N–H and O–H groups in total. The van der Waals surface area contributed by atoms with Gasteiger partial charge in [-0.1, -0.05) is 0 Å². The highest BCUT2D eigenvalue weighted by Crippen LogP contribution is 2.15. The summed E-state index contributed by atoms with van der Waals surface area (Å²) in [6.07, 6.45) is 6.24. The molecule has 1 aliphatic heterocycles. The van der Waals surface area contributed by atoms with Crippen molar-refractivity contribution in [3.05, 3.63) is 30.1 Å². The lowest BCUT2D eigenvalue weighted by molar-refractivity contribution is 0.226. The maximum absolute atomic E-state index is 4.05. The van der Waals surface area contributed by atoms with Gasteiger partial charge >= 0.3 is 0 Å². The second-order valence-electron chi connectivity index (χ2n) is 4.75. The lowest BCUT2D eigenvalue weighted by atomic mass is 10.0. The molecule has 2 rings (SSSR count). The monoisotopic (exact) mass is 219 g/mol. The number of hydrogen-bond donors (Lipinski definition) is 1. The first-order valence-electron chi connectivity index (χ1n) is 6.10. The highest BCUT2D eigenvalue weighted by molar-refractivity contribution is 5.14. The molecule has 1 atom stereocenters. The summed E-state index contributed by atoms with van der Waals surface area (Å²) in [5.41, 5.74) is 1.33. The molecule has 88 valence electrons. The predicted octanol–water partition coefficient (Wildman–Crippen LogP) is 1.83. The molecule has 1 aromatic rings. The van der Waals surface area contributed by atoms with E-state index in [1.165, 1.54) is 31.5 Å². The summed E-state index contributed by atoms with van der Waals surface area (Å²) in [6.45, 7) is 4.65. The summed E-state index contributed by atoms with van der Waals surface area (Å²) in [6, 6.07) is 5.27. The Balaban J connectivity index is 1.86. The van der Waals surface area contributed by atoms with Crippen molar-refractivity contribution in [2.24, 2.45) is 0 Å². The van der Waals surface area contributed by atoms with Gasteiger partial charge in [-0.05, 0) is 57.6 Å². The summed E-state index contributed by atoms with van der Waals surface area (Å²) in [5, 5.41) is 3.70. The molecule has 0 aliphatic carbocycles. The van der Waals surface area contributed by atoms with Gasteiger partial charge in [-0.15, -0.1) is 0 Å². The smallest absolute Gasteiger partial charge is 0.0295 e. The molecule has 1 aliphatic rings. The van der Waals surface area contributed by atoms with Gasteiger partial charge in [0.05, 0.1) is 0 Å². The molecular formula is C13H21N3. The first kappa shape index (κ1) is 11.6. The standard InChI is InChI=1S/C13H21N3/c1-11(12-3-7-14-8-4-12)15-13-5-9-16(2)10-6-13/h3-4,7-8,11,13,15H,5-6,9-10H2,1-2H3/t11-/m1/s1. The van der Waals surface area contributed by atoms with Crippen LogP contribution in [0.25, 0.3) is 0 Å². The van der Waals surface area contributed by atoms with Gasteiger partial charge in [0.15, 0.2) is 0 Å². The Kier molecular flexibility index (Phi) is 3.91. The van der Waals surface area contributed by atoms with Gasteiger partial charge in [0.25, 0.3) is 0 Å². The molecule has 0 aromatic carbocycles. The average Bonchev–Trinajstić information content (AvgIpc) is 2.33. The van der Waals surface area contributed by atoms with Crippen LogP contribution in [0.5, 0.6) is 0 Å². The lowest BCUT2D eigenvalue weighted by Crippen LogP contribution is -2.41. The zero-order chi connectivity index (χ0) is 11.4. The lowest BCUT2D eigenvalue weighted by Gasteiger charge is -2.31. The van der Waals surface area contributed by atoms with Gasteiger partial charge in [-0.2, -0.15) is 0 Å². The maximum atomic E-state index is 4.05. The highest BCUT2D eigenvalue weighted by Gasteiger charge is 2.18. The Labute approximate surface area is 97.9 Å². The second-order valence-corrected chi connectivity index (χ2v) is 4.75. The third-order valence-electron chi connectivity index (χ3n) is 3.41. The predicted molar refractivity (Wildman–Crippen MR) is 66.3 cm³/mol. The van der Waals surface area contributed by atoms with E-state index < -0.39 is 0 Å². The average molecular weight is 219 g/mol. The fraction of sp³-hybridized carbons (Fsp3) is 0.615. The Morgan fingerprint density at radius 2 is 1.94 bits per heavy atom. The minimum absolute atomic E-state index is 0.427. The SMILES string of the molecule is C[C@@H](NC1CCN(C)CC1)c1ccncc1. The van der Waals surface area contributed by atoms with Crippen LogP contribution in [0.4, 0.5) is 0 Å². The third kappa shape index (κ3) is 3.03. The van der Waals surface area contributed by atoms with Crippen LogP contribution in [0.15, 0.2) is 24.5 Å². The van der Waals surface area contributed by atoms with Crippen molar-refractivity contribution in [3.8, 4) is 0 Å². The zero-order valence-corrected chi connectivity index (χ0v) is 10.2. The second kappa shape index (κ2) is 5.41. The van der Waals surface area contributed by atoms with Crippen molar-refractivity contribution in [1.29, 1.82) is 0 Å². The maximum Gasteiger partial charge on any atom is 0.0295 e. The molecule has 2 heterocycles. The first-order valence-corrected chi connectivity index (χ1v) is 6.10. The first-order chi connectivity index (χ1) is 7.75. The summed E-state index contributed by atoms with van der Waals surface area (Å²) in [4.78, 5) is 6.45. The van der Waals surface area contributed by atoms with E-state index in [4.69, 9.17) is 0 Å². The topological polar surface area (TPSA) is 28.2 Å². The van der Waals surface area contributed by atoms with Crippen LogP contribution in [-0.4, -0.2) is 36.1 Å². The summed E-state index contributed by atoms with van der Waals surface area (Å²) >= 11 is 0. The Morgan fingerprint density at radius 1 is 1.31 bits per heavy atom. The molecule has 0 spiro atoms. The molecule has 1 saturated heterocycles. The number of likely N-dealkylation sites (tertiary alicyclic amines) is 1. The van der Waals surface area contributed by atoms with E-state index >= 15 is 0 Å². The molecule has 1 aromatic heterocycles. The minimum Gasteiger partial charge on any atom is -0.307 e.